The Bertz CT molecular complexity index is 752. The number of amides is 2. The fraction of sp³-hybridized carbons (Fsp3) is 0.333. The summed E-state index contributed by atoms with van der Waals surface area (Å²) in [5.74, 6) is -0.415. The lowest BCUT2D eigenvalue weighted by molar-refractivity contribution is 0.0608. The highest BCUT2D eigenvalue weighted by Crippen LogP contribution is 2.32. The highest BCUT2D eigenvalue weighted by atomic mass is 16.2. The highest BCUT2D eigenvalue weighted by molar-refractivity contribution is 6.25. The van der Waals surface area contributed by atoms with Crippen molar-refractivity contribution in [3.8, 4) is 0 Å². The molecule has 0 fully saturated rings. The maximum absolute atomic E-state index is 12.7. The summed E-state index contributed by atoms with van der Waals surface area (Å²) in [7, 11) is 0. The summed E-state index contributed by atoms with van der Waals surface area (Å²) < 4.78 is 0. The molecular weight excluding hydrogens is 276 g/mol. The Morgan fingerprint density at radius 2 is 1.77 bits per heavy atom. The molecule has 0 spiro atoms. The fourth-order valence-corrected chi connectivity index (χ4v) is 3.08. The molecule has 2 N–H and O–H groups in total. The van der Waals surface area contributed by atoms with Crippen molar-refractivity contribution in [2.75, 3.05) is 12.3 Å². The standard InChI is InChI=1S/C18H20N2O2/c1-2-3-4-5-9-20-17(21)14-8-6-7-12-10-13(19)11-15(16(12)14)18(20)22/h6-8,10-11H,2-5,9,19H2,1H3. The third-order valence-electron chi connectivity index (χ3n) is 4.19. The molecule has 1 heterocycles. The molecule has 114 valence electrons. The molecule has 2 amide bonds. The lowest BCUT2D eigenvalue weighted by Crippen LogP contribution is -2.40. The number of rotatable bonds is 5. The molecule has 3 rings (SSSR count). The first-order valence-electron chi connectivity index (χ1n) is 7.82. The summed E-state index contributed by atoms with van der Waals surface area (Å²) in [6.07, 6.45) is 4.12. The minimum atomic E-state index is -0.225. The van der Waals surface area contributed by atoms with Crippen molar-refractivity contribution in [3.63, 3.8) is 0 Å². The summed E-state index contributed by atoms with van der Waals surface area (Å²) in [6, 6.07) is 9.00. The van der Waals surface area contributed by atoms with E-state index in [1.165, 1.54) is 4.90 Å². The number of nitrogen functional groups attached to an aromatic ring is 1. The Morgan fingerprint density at radius 1 is 1.00 bits per heavy atom. The lowest BCUT2D eigenvalue weighted by Gasteiger charge is -2.27. The van der Waals surface area contributed by atoms with E-state index in [1.54, 1.807) is 18.2 Å². The normalized spacial score (nSPS) is 14.0. The van der Waals surface area contributed by atoms with Crippen LogP contribution < -0.4 is 5.73 Å². The molecule has 1 aliphatic heterocycles. The van der Waals surface area contributed by atoms with Crippen LogP contribution in [-0.4, -0.2) is 23.3 Å². The first-order chi connectivity index (χ1) is 10.6. The van der Waals surface area contributed by atoms with Gasteiger partial charge in [0.05, 0.1) is 5.56 Å². The van der Waals surface area contributed by atoms with Gasteiger partial charge in [0, 0.05) is 23.2 Å². The molecule has 0 aliphatic carbocycles. The Balaban J connectivity index is 2.00. The van der Waals surface area contributed by atoms with Crippen LogP contribution in [0.3, 0.4) is 0 Å². The molecule has 4 nitrogen and oxygen atoms in total. The number of anilines is 1. The second kappa shape index (κ2) is 5.79. The molecule has 1 aliphatic rings. The van der Waals surface area contributed by atoms with Gasteiger partial charge in [0.25, 0.3) is 11.8 Å². The maximum Gasteiger partial charge on any atom is 0.261 e. The molecule has 0 aromatic heterocycles. The maximum atomic E-state index is 12.7. The van der Waals surface area contributed by atoms with E-state index in [-0.39, 0.29) is 11.8 Å². The minimum Gasteiger partial charge on any atom is -0.399 e. The number of nitrogens with zero attached hydrogens (tertiary/aromatic N) is 1. The Morgan fingerprint density at radius 3 is 2.55 bits per heavy atom. The molecular formula is C18H20N2O2. The number of benzene rings is 2. The fourth-order valence-electron chi connectivity index (χ4n) is 3.08. The first-order valence-corrected chi connectivity index (χ1v) is 7.82. The Kier molecular flexibility index (Phi) is 3.84. The van der Waals surface area contributed by atoms with E-state index in [0.717, 1.165) is 36.5 Å². The van der Waals surface area contributed by atoms with Gasteiger partial charge >= 0.3 is 0 Å². The van der Waals surface area contributed by atoms with E-state index in [4.69, 9.17) is 5.73 Å². The van der Waals surface area contributed by atoms with Crippen LogP contribution in [0.15, 0.2) is 30.3 Å². The number of carbonyl (C=O) groups is 2. The zero-order valence-corrected chi connectivity index (χ0v) is 12.8. The molecule has 0 radical (unpaired) electrons. The van der Waals surface area contributed by atoms with E-state index in [2.05, 4.69) is 6.92 Å². The van der Waals surface area contributed by atoms with Crippen LogP contribution in [0.4, 0.5) is 5.69 Å². The topological polar surface area (TPSA) is 63.4 Å². The molecule has 2 aromatic carbocycles. The van der Waals surface area contributed by atoms with Crippen LogP contribution in [0, 0.1) is 0 Å². The zero-order chi connectivity index (χ0) is 15.7. The first kappa shape index (κ1) is 14.6. The van der Waals surface area contributed by atoms with Gasteiger partial charge in [-0.1, -0.05) is 38.3 Å². The van der Waals surface area contributed by atoms with Crippen molar-refractivity contribution >= 4 is 28.3 Å². The van der Waals surface area contributed by atoms with Crippen LogP contribution in [-0.2, 0) is 0 Å². The number of imide groups is 1. The molecule has 0 saturated carbocycles. The molecule has 22 heavy (non-hydrogen) atoms. The van der Waals surface area contributed by atoms with Crippen molar-refractivity contribution in [1.82, 2.24) is 4.90 Å². The van der Waals surface area contributed by atoms with E-state index in [1.807, 2.05) is 12.1 Å². The molecule has 4 heteroatoms. The van der Waals surface area contributed by atoms with Crippen LogP contribution in [0.25, 0.3) is 10.8 Å². The third-order valence-corrected chi connectivity index (χ3v) is 4.19. The number of carbonyl (C=O) groups excluding carboxylic acids is 2. The van der Waals surface area contributed by atoms with Crippen LogP contribution in [0.1, 0.15) is 53.3 Å². The van der Waals surface area contributed by atoms with Crippen LogP contribution in [0.2, 0.25) is 0 Å². The van der Waals surface area contributed by atoms with Gasteiger partial charge in [-0.2, -0.15) is 0 Å². The molecule has 0 saturated heterocycles. The van der Waals surface area contributed by atoms with Gasteiger partial charge in [-0.3, -0.25) is 14.5 Å². The second-order valence-corrected chi connectivity index (χ2v) is 5.79. The smallest absolute Gasteiger partial charge is 0.261 e. The van der Waals surface area contributed by atoms with E-state index >= 15 is 0 Å². The van der Waals surface area contributed by atoms with Crippen LogP contribution in [0.5, 0.6) is 0 Å². The minimum absolute atomic E-state index is 0.190. The number of hydrogen-bond acceptors (Lipinski definition) is 3. The van der Waals surface area contributed by atoms with Crippen molar-refractivity contribution in [2.45, 2.75) is 32.6 Å². The van der Waals surface area contributed by atoms with Crippen LogP contribution >= 0.6 is 0 Å². The van der Waals surface area contributed by atoms with Crippen molar-refractivity contribution in [2.24, 2.45) is 0 Å². The molecule has 0 unspecified atom stereocenters. The highest BCUT2D eigenvalue weighted by Gasteiger charge is 2.32. The SMILES string of the molecule is CCCCCCN1C(=O)c2cccc3cc(N)cc(c23)C1=O. The summed E-state index contributed by atoms with van der Waals surface area (Å²) in [4.78, 5) is 26.7. The predicted octanol–water partition coefficient (Wildman–Crippen LogP) is 3.60. The average Bonchev–Trinajstić information content (AvgIpc) is 2.51. The van der Waals surface area contributed by atoms with Crippen molar-refractivity contribution < 1.29 is 9.59 Å². The van der Waals surface area contributed by atoms with E-state index in [0.29, 0.717) is 23.4 Å². The summed E-state index contributed by atoms with van der Waals surface area (Å²) in [5.41, 5.74) is 7.59. The Hall–Kier alpha value is -2.36. The van der Waals surface area contributed by atoms with Crippen molar-refractivity contribution in [3.05, 3.63) is 41.5 Å². The van der Waals surface area contributed by atoms with Gasteiger partial charge in [-0.25, -0.2) is 0 Å². The number of unbranched alkanes of at least 4 members (excludes halogenated alkanes) is 3. The summed E-state index contributed by atoms with van der Waals surface area (Å²) in [5, 5.41) is 1.58. The third kappa shape index (κ3) is 2.34. The van der Waals surface area contributed by atoms with E-state index in [9.17, 15) is 9.59 Å². The van der Waals surface area contributed by atoms with E-state index < -0.39 is 0 Å². The monoisotopic (exact) mass is 296 g/mol. The predicted molar refractivity (Wildman–Crippen MR) is 87.9 cm³/mol. The van der Waals surface area contributed by atoms with Crippen molar-refractivity contribution in [1.29, 1.82) is 0 Å². The number of nitrogens with two attached hydrogens (primary N) is 1. The molecule has 2 aromatic rings. The lowest BCUT2D eigenvalue weighted by atomic mass is 9.93. The van der Waals surface area contributed by atoms with Gasteiger partial charge in [0.15, 0.2) is 0 Å². The summed E-state index contributed by atoms with van der Waals surface area (Å²) >= 11 is 0. The average molecular weight is 296 g/mol. The largest absolute Gasteiger partial charge is 0.399 e. The number of hydrogen-bond donors (Lipinski definition) is 1. The summed E-state index contributed by atoms with van der Waals surface area (Å²) in [6.45, 7) is 2.61. The molecule has 0 atom stereocenters. The second-order valence-electron chi connectivity index (χ2n) is 5.79. The Labute approximate surface area is 129 Å². The van der Waals surface area contributed by atoms with Gasteiger partial charge in [0.1, 0.15) is 0 Å². The van der Waals surface area contributed by atoms with Gasteiger partial charge < -0.3 is 5.73 Å². The van der Waals surface area contributed by atoms with Gasteiger partial charge in [-0.15, -0.1) is 0 Å². The molecule has 0 bridgehead atoms. The van der Waals surface area contributed by atoms with Gasteiger partial charge in [0.2, 0.25) is 0 Å². The van der Waals surface area contributed by atoms with Gasteiger partial charge in [-0.05, 0) is 30.0 Å². The zero-order valence-electron chi connectivity index (χ0n) is 12.8. The quantitative estimate of drug-likeness (QED) is 0.521.